The van der Waals surface area contributed by atoms with Gasteiger partial charge in [-0.25, -0.2) is 0 Å². The fourth-order valence-corrected chi connectivity index (χ4v) is 7.34. The predicted molar refractivity (Wildman–Crippen MR) is 138 cm³/mol. The maximum Gasteiger partial charge on any atom is 0.255 e. The van der Waals surface area contributed by atoms with Crippen LogP contribution in [0.5, 0.6) is 5.75 Å². The van der Waals surface area contributed by atoms with E-state index >= 15 is 0 Å². The molecule has 5 rings (SSSR count). The van der Waals surface area contributed by atoms with Crippen LogP contribution >= 0.6 is 0 Å². The third-order valence-electron chi connectivity index (χ3n) is 9.10. The number of aliphatic hydroxyl groups excluding tert-OH is 2. The number of primary amides is 1. The molecule has 6 N–H and O–H groups in total. The van der Waals surface area contributed by atoms with Crippen LogP contribution in [-0.2, 0) is 26.2 Å². The van der Waals surface area contributed by atoms with Gasteiger partial charge in [0.25, 0.3) is 5.91 Å². The number of aromatic hydroxyl groups is 1. The van der Waals surface area contributed by atoms with Crippen LogP contribution in [0, 0.1) is 24.2 Å². The van der Waals surface area contributed by atoms with Gasteiger partial charge in [-0.1, -0.05) is 31.2 Å². The summed E-state index contributed by atoms with van der Waals surface area (Å²) in [6.07, 6.45) is 10.8. The number of nitrogens with two attached hydrogens (primary N) is 1. The minimum absolute atomic E-state index is 0.0455. The Morgan fingerprint density at radius 1 is 1.13 bits per heavy atom. The van der Waals surface area contributed by atoms with Gasteiger partial charge in [-0.15, -0.1) is 6.42 Å². The highest BCUT2D eigenvalue weighted by molar-refractivity contribution is 6.24. The van der Waals surface area contributed by atoms with E-state index in [0.717, 1.165) is 37.7 Å². The van der Waals surface area contributed by atoms with Gasteiger partial charge in [0.15, 0.2) is 11.4 Å². The van der Waals surface area contributed by atoms with E-state index in [-0.39, 0.29) is 29.7 Å². The van der Waals surface area contributed by atoms with E-state index in [9.17, 15) is 34.8 Å². The number of likely N-dealkylation sites (N-methyl/N-ethyl adjacent to an activating group) is 1. The van der Waals surface area contributed by atoms with Crippen molar-refractivity contribution in [1.82, 2.24) is 4.90 Å². The van der Waals surface area contributed by atoms with Crippen LogP contribution in [0.1, 0.15) is 55.2 Å². The number of phenols is 1. The molecule has 0 aliphatic heterocycles. The van der Waals surface area contributed by atoms with Gasteiger partial charge in [-0.3, -0.25) is 19.3 Å². The molecule has 4 aliphatic rings. The van der Waals surface area contributed by atoms with E-state index in [0.29, 0.717) is 5.56 Å². The number of Topliss-reactive ketones (excluding diaryl/α,β-unsaturated/α-hetero) is 2. The normalized spacial score (nSPS) is 30.4. The number of hydrogen-bond acceptors (Lipinski definition) is 8. The summed E-state index contributed by atoms with van der Waals surface area (Å²) in [7, 11) is 3.15. The molecule has 4 atom stereocenters. The number of nitrogens with zero attached hydrogens (tertiary/aromatic N) is 1. The predicted octanol–water partition coefficient (Wildman–Crippen LogP) is 1.80. The van der Waals surface area contributed by atoms with E-state index in [4.69, 9.17) is 12.2 Å². The first-order chi connectivity index (χ1) is 17.9. The fraction of sp³-hybridized carbons (Fsp3) is 0.483. The molecule has 1 amide bonds. The minimum atomic E-state index is -2.65. The summed E-state index contributed by atoms with van der Waals surface area (Å²) in [4.78, 5) is 40.8. The number of carbonyl (C=O) groups is 3. The van der Waals surface area contributed by atoms with Gasteiger partial charge < -0.3 is 26.2 Å². The first kappa shape index (κ1) is 26.0. The molecule has 2 saturated carbocycles. The number of ketones is 2. The van der Waals surface area contributed by atoms with Gasteiger partial charge in [0, 0.05) is 11.5 Å². The largest absolute Gasteiger partial charge is 0.508 e. The Balaban J connectivity index is 1.73. The zero-order chi connectivity index (χ0) is 27.7. The molecule has 9 heteroatoms. The fourth-order valence-electron chi connectivity index (χ4n) is 7.34. The quantitative estimate of drug-likeness (QED) is 0.298. The zero-order valence-corrected chi connectivity index (χ0v) is 21.5. The lowest BCUT2D eigenvalue weighted by atomic mass is 9.56. The van der Waals surface area contributed by atoms with E-state index in [1.54, 1.807) is 20.2 Å². The third-order valence-corrected chi connectivity index (χ3v) is 9.10. The molecule has 200 valence electrons. The number of amides is 1. The second-order valence-corrected chi connectivity index (χ2v) is 11.2. The van der Waals surface area contributed by atoms with E-state index in [1.165, 1.54) is 11.0 Å². The van der Waals surface area contributed by atoms with Crippen molar-refractivity contribution < 1.29 is 34.8 Å². The highest BCUT2D eigenvalue weighted by Gasteiger charge is 2.64. The van der Waals surface area contributed by atoms with Crippen LogP contribution < -0.4 is 5.73 Å². The standard InChI is InChI=1S/C29H32N2O7/c1-4-28(10-6-5-7-11-28)16-8-9-18(32)20-15(16)12-14-13-17-22(31(2)3)24(34)21(27(30)37)26(36)29(17,38)25(35)19(14)23(20)33/h1,8-9,14,17,22,32-33,36,38H,5-7,10-13H2,2-3H3,(H2,30,37)/t14-,17-,22-,29-/m0/s1. The molecule has 0 bridgehead atoms. The van der Waals surface area contributed by atoms with Crippen molar-refractivity contribution in [2.24, 2.45) is 17.6 Å². The smallest absolute Gasteiger partial charge is 0.255 e. The van der Waals surface area contributed by atoms with Crippen LogP contribution in [0.3, 0.4) is 0 Å². The highest BCUT2D eigenvalue weighted by Crippen LogP contribution is 2.54. The van der Waals surface area contributed by atoms with Gasteiger partial charge >= 0.3 is 0 Å². The monoisotopic (exact) mass is 520 g/mol. The summed E-state index contributed by atoms with van der Waals surface area (Å²) in [5.74, 6) is -3.65. The van der Waals surface area contributed by atoms with Crippen LogP contribution in [0.2, 0.25) is 0 Å². The Morgan fingerprint density at radius 2 is 1.79 bits per heavy atom. The third kappa shape index (κ3) is 3.30. The first-order valence-electron chi connectivity index (χ1n) is 12.9. The number of fused-ring (bicyclic) bond motifs is 3. The molecule has 4 aliphatic carbocycles. The Kier molecular flexibility index (Phi) is 5.97. The summed E-state index contributed by atoms with van der Waals surface area (Å²) < 4.78 is 0. The molecule has 9 nitrogen and oxygen atoms in total. The van der Waals surface area contributed by atoms with Gasteiger partial charge in [0.2, 0.25) is 5.78 Å². The zero-order valence-electron chi connectivity index (χ0n) is 21.5. The Bertz CT molecular complexity index is 1380. The van der Waals surface area contributed by atoms with Crippen molar-refractivity contribution in [3.05, 3.63) is 45.7 Å². The summed E-state index contributed by atoms with van der Waals surface area (Å²) in [6.45, 7) is 0. The molecule has 0 radical (unpaired) electrons. The van der Waals surface area contributed by atoms with Crippen LogP contribution in [0.4, 0.5) is 0 Å². The molecule has 0 aromatic heterocycles. The SMILES string of the molecule is C#CC1(c2ccc(O)c3c2C[C@H]2C[C@H]4[C@H](N(C)C)C(=O)C(C(N)=O)=C(O)[C@@]4(O)C(=O)C2=C3O)CCCCC1. The highest BCUT2D eigenvalue weighted by atomic mass is 16.3. The summed E-state index contributed by atoms with van der Waals surface area (Å²) in [6, 6.07) is 2.12. The molecule has 2 fully saturated rings. The van der Waals surface area contributed by atoms with E-state index < -0.39 is 63.5 Å². The molecular weight excluding hydrogens is 488 g/mol. The van der Waals surface area contributed by atoms with E-state index in [1.807, 2.05) is 0 Å². The van der Waals surface area contributed by atoms with Gasteiger partial charge in [0.05, 0.1) is 17.0 Å². The lowest BCUT2D eigenvalue weighted by molar-refractivity contribution is -0.153. The Morgan fingerprint density at radius 3 is 2.37 bits per heavy atom. The Labute approximate surface area is 220 Å². The number of terminal acetylenes is 1. The Hall–Kier alpha value is -3.61. The van der Waals surface area contributed by atoms with Crippen LogP contribution in [-0.4, -0.2) is 68.5 Å². The minimum Gasteiger partial charge on any atom is -0.508 e. The second-order valence-electron chi connectivity index (χ2n) is 11.2. The van der Waals surface area contributed by atoms with Crippen molar-refractivity contribution in [2.45, 2.75) is 62.0 Å². The molecule has 0 saturated heterocycles. The van der Waals surface area contributed by atoms with Crippen molar-refractivity contribution >= 4 is 23.2 Å². The number of rotatable bonds is 3. The van der Waals surface area contributed by atoms with Crippen LogP contribution in [0.25, 0.3) is 5.76 Å². The first-order valence-corrected chi connectivity index (χ1v) is 12.9. The maximum atomic E-state index is 13.9. The summed E-state index contributed by atoms with van der Waals surface area (Å²) in [5.41, 5.74) is 2.71. The summed E-state index contributed by atoms with van der Waals surface area (Å²) >= 11 is 0. The molecule has 0 spiro atoms. The molecule has 0 heterocycles. The van der Waals surface area contributed by atoms with E-state index in [2.05, 4.69) is 5.92 Å². The number of carbonyl (C=O) groups excluding carboxylic acids is 3. The summed E-state index contributed by atoms with van der Waals surface area (Å²) in [5, 5.41) is 44.9. The lowest BCUT2D eigenvalue weighted by Crippen LogP contribution is -2.65. The number of phenolic OH excluding ortho intramolecular Hbond substituents is 1. The number of aliphatic hydroxyl groups is 3. The average Bonchev–Trinajstić information content (AvgIpc) is 2.86. The van der Waals surface area contributed by atoms with Crippen LogP contribution in [0.15, 0.2) is 29.0 Å². The van der Waals surface area contributed by atoms with Gasteiger partial charge in [-0.2, -0.15) is 0 Å². The molecule has 38 heavy (non-hydrogen) atoms. The van der Waals surface area contributed by atoms with Gasteiger partial charge in [0.1, 0.15) is 22.8 Å². The number of hydrogen-bond donors (Lipinski definition) is 5. The molecule has 0 unspecified atom stereocenters. The number of benzene rings is 1. The van der Waals surface area contributed by atoms with Crippen molar-refractivity contribution in [3.8, 4) is 18.1 Å². The lowest BCUT2D eigenvalue weighted by Gasteiger charge is -2.50. The molecule has 1 aromatic carbocycles. The van der Waals surface area contributed by atoms with Crippen molar-refractivity contribution in [3.63, 3.8) is 0 Å². The van der Waals surface area contributed by atoms with Crippen molar-refractivity contribution in [1.29, 1.82) is 0 Å². The van der Waals surface area contributed by atoms with Crippen molar-refractivity contribution in [2.75, 3.05) is 14.1 Å². The van der Waals surface area contributed by atoms with Gasteiger partial charge in [-0.05, 0) is 62.9 Å². The maximum absolute atomic E-state index is 13.9. The molecule has 1 aromatic rings. The topological polar surface area (TPSA) is 161 Å². The second kappa shape index (κ2) is 8.72. The molecular formula is C29H32N2O7. The average molecular weight is 521 g/mol.